The summed E-state index contributed by atoms with van der Waals surface area (Å²) in [7, 11) is -1.39. The number of benzene rings is 2. The molecule has 0 aliphatic rings. The number of nitro benzene ring substituents is 1. The highest BCUT2D eigenvalue weighted by Crippen LogP contribution is 2.24. The van der Waals surface area contributed by atoms with E-state index >= 15 is 0 Å². The Labute approximate surface area is 121 Å². The predicted octanol–water partition coefficient (Wildman–Crippen LogP) is 3.70. The van der Waals surface area contributed by atoms with Crippen LogP contribution in [0.5, 0.6) is 0 Å². The lowest BCUT2D eigenvalue weighted by Gasteiger charge is -2.05. The van der Waals surface area contributed by atoms with Crippen LogP contribution in [0.15, 0.2) is 47.4 Å². The minimum atomic E-state index is -1.39. The molecular weight excluding hydrogens is 305 g/mol. The summed E-state index contributed by atoms with van der Waals surface area (Å²) in [5, 5.41) is 10.8. The van der Waals surface area contributed by atoms with Crippen molar-refractivity contribution >= 4 is 28.1 Å². The number of hydrogen-bond acceptors (Lipinski definition) is 3. The molecule has 20 heavy (non-hydrogen) atoms. The average Bonchev–Trinajstić information content (AvgIpc) is 2.41. The van der Waals surface area contributed by atoms with Gasteiger partial charge in [0.25, 0.3) is 5.69 Å². The monoisotopic (exact) mass is 313 g/mol. The Balaban J connectivity index is 2.19. The lowest BCUT2D eigenvalue weighted by atomic mass is 10.2. The fraction of sp³-hybridized carbons (Fsp3) is 0.0769. The first-order valence-corrected chi connectivity index (χ1v) is 7.24. The third-order valence-corrected chi connectivity index (χ3v) is 4.33. The van der Waals surface area contributed by atoms with Crippen molar-refractivity contribution in [2.24, 2.45) is 0 Å². The Bertz CT molecular complexity index is 676. The van der Waals surface area contributed by atoms with E-state index in [0.29, 0.717) is 10.5 Å². The van der Waals surface area contributed by atoms with Gasteiger partial charge in [0.2, 0.25) is 0 Å². The lowest BCUT2D eigenvalue weighted by Crippen LogP contribution is -1.98. The van der Waals surface area contributed by atoms with Gasteiger partial charge in [-0.25, -0.2) is 4.39 Å². The second-order valence-corrected chi connectivity index (χ2v) is 5.83. The van der Waals surface area contributed by atoms with Gasteiger partial charge in [-0.2, -0.15) is 0 Å². The van der Waals surface area contributed by atoms with Gasteiger partial charge in [0.1, 0.15) is 5.82 Å². The van der Waals surface area contributed by atoms with E-state index in [4.69, 9.17) is 11.6 Å². The van der Waals surface area contributed by atoms with Crippen LogP contribution in [0.1, 0.15) is 5.56 Å². The molecule has 0 N–H and O–H groups in total. The normalized spacial score (nSPS) is 12.1. The van der Waals surface area contributed by atoms with Gasteiger partial charge >= 0.3 is 0 Å². The second-order valence-electron chi connectivity index (χ2n) is 3.98. The smallest absolute Gasteiger partial charge is 0.258 e. The molecule has 0 saturated heterocycles. The molecule has 0 aromatic heterocycles. The molecule has 2 rings (SSSR count). The molecule has 0 aliphatic heterocycles. The third kappa shape index (κ3) is 3.40. The van der Waals surface area contributed by atoms with Crippen molar-refractivity contribution in [3.05, 3.63) is 69.0 Å². The average molecular weight is 314 g/mol. The van der Waals surface area contributed by atoms with Gasteiger partial charge in [-0.05, 0) is 35.9 Å². The highest BCUT2D eigenvalue weighted by Gasteiger charge is 2.12. The molecule has 104 valence electrons. The summed E-state index contributed by atoms with van der Waals surface area (Å²) in [4.78, 5) is 10.5. The molecule has 2 aromatic rings. The molecule has 0 heterocycles. The number of non-ortho nitro benzene ring substituents is 1. The van der Waals surface area contributed by atoms with Crippen LogP contribution in [0.3, 0.4) is 0 Å². The Morgan fingerprint density at radius 2 is 1.85 bits per heavy atom. The molecule has 0 saturated carbocycles. The fourth-order valence-corrected chi connectivity index (χ4v) is 3.04. The van der Waals surface area contributed by atoms with Crippen molar-refractivity contribution in [1.29, 1.82) is 0 Å². The van der Waals surface area contributed by atoms with Crippen LogP contribution >= 0.6 is 11.6 Å². The van der Waals surface area contributed by atoms with Crippen molar-refractivity contribution in [3.63, 3.8) is 0 Å². The number of rotatable bonds is 4. The maximum absolute atomic E-state index is 12.8. The molecule has 0 radical (unpaired) electrons. The van der Waals surface area contributed by atoms with E-state index in [2.05, 4.69) is 0 Å². The van der Waals surface area contributed by atoms with Crippen LogP contribution in [0.2, 0.25) is 5.02 Å². The van der Waals surface area contributed by atoms with Crippen LogP contribution in [0, 0.1) is 15.9 Å². The SMILES string of the molecule is O=[N+]([O-])c1ccc(CS(=O)c2ccc(F)cc2)c(Cl)c1. The van der Waals surface area contributed by atoms with Crippen LogP contribution in [0.4, 0.5) is 10.1 Å². The van der Waals surface area contributed by atoms with E-state index in [1.165, 1.54) is 42.5 Å². The lowest BCUT2D eigenvalue weighted by molar-refractivity contribution is -0.384. The van der Waals surface area contributed by atoms with E-state index in [1.54, 1.807) is 0 Å². The van der Waals surface area contributed by atoms with E-state index < -0.39 is 21.5 Å². The number of hydrogen-bond donors (Lipinski definition) is 0. The molecule has 0 spiro atoms. The van der Waals surface area contributed by atoms with Gasteiger partial charge in [-0.15, -0.1) is 0 Å². The topological polar surface area (TPSA) is 60.2 Å². The molecule has 0 aliphatic carbocycles. The Kier molecular flexibility index (Phi) is 4.46. The van der Waals surface area contributed by atoms with Gasteiger partial charge in [0.05, 0.1) is 26.5 Å². The van der Waals surface area contributed by atoms with E-state index in [1.807, 2.05) is 0 Å². The predicted molar refractivity (Wildman–Crippen MR) is 74.6 cm³/mol. The summed E-state index contributed by atoms with van der Waals surface area (Å²) in [5.41, 5.74) is 0.422. The summed E-state index contributed by atoms with van der Waals surface area (Å²) < 4.78 is 24.9. The third-order valence-electron chi connectivity index (χ3n) is 2.61. The second kappa shape index (κ2) is 6.11. The highest BCUT2D eigenvalue weighted by molar-refractivity contribution is 7.84. The molecule has 0 bridgehead atoms. The van der Waals surface area contributed by atoms with Crippen molar-refractivity contribution < 1.29 is 13.5 Å². The quantitative estimate of drug-likeness (QED) is 0.639. The van der Waals surface area contributed by atoms with Crippen LogP contribution in [-0.4, -0.2) is 9.13 Å². The molecule has 1 unspecified atom stereocenters. The summed E-state index contributed by atoms with van der Waals surface area (Å²) >= 11 is 5.93. The summed E-state index contributed by atoms with van der Waals surface area (Å²) in [6.07, 6.45) is 0. The molecule has 4 nitrogen and oxygen atoms in total. The van der Waals surface area contributed by atoms with E-state index in [0.717, 1.165) is 0 Å². The Morgan fingerprint density at radius 1 is 1.20 bits per heavy atom. The summed E-state index contributed by atoms with van der Waals surface area (Å²) in [6, 6.07) is 9.33. The highest BCUT2D eigenvalue weighted by atomic mass is 35.5. The Hall–Kier alpha value is -1.79. The summed E-state index contributed by atoms with van der Waals surface area (Å²) in [5.74, 6) is -0.290. The minimum Gasteiger partial charge on any atom is -0.258 e. The Morgan fingerprint density at radius 3 is 2.40 bits per heavy atom. The van der Waals surface area contributed by atoms with Gasteiger partial charge < -0.3 is 0 Å². The largest absolute Gasteiger partial charge is 0.270 e. The summed E-state index contributed by atoms with van der Waals surface area (Å²) in [6.45, 7) is 0. The van der Waals surface area contributed by atoms with Gasteiger partial charge in [0, 0.05) is 17.0 Å². The van der Waals surface area contributed by atoms with E-state index in [9.17, 15) is 18.7 Å². The zero-order valence-electron chi connectivity index (χ0n) is 10.1. The fourth-order valence-electron chi connectivity index (χ4n) is 1.58. The zero-order valence-corrected chi connectivity index (χ0v) is 11.7. The number of nitro groups is 1. The van der Waals surface area contributed by atoms with Gasteiger partial charge in [-0.1, -0.05) is 11.6 Å². The zero-order chi connectivity index (χ0) is 14.7. The first-order chi connectivity index (χ1) is 9.47. The first-order valence-electron chi connectivity index (χ1n) is 5.54. The number of nitrogens with zero attached hydrogens (tertiary/aromatic N) is 1. The number of halogens is 2. The molecule has 2 aromatic carbocycles. The van der Waals surface area contributed by atoms with Gasteiger partial charge in [0.15, 0.2) is 0 Å². The van der Waals surface area contributed by atoms with Crippen LogP contribution < -0.4 is 0 Å². The van der Waals surface area contributed by atoms with Gasteiger partial charge in [-0.3, -0.25) is 14.3 Å². The molecule has 0 fully saturated rings. The van der Waals surface area contributed by atoms with Crippen molar-refractivity contribution in [2.45, 2.75) is 10.6 Å². The van der Waals surface area contributed by atoms with Crippen molar-refractivity contribution in [2.75, 3.05) is 0 Å². The molecule has 1 atom stereocenters. The molecule has 7 heteroatoms. The van der Waals surface area contributed by atoms with Crippen LogP contribution in [0.25, 0.3) is 0 Å². The maximum Gasteiger partial charge on any atom is 0.270 e. The maximum atomic E-state index is 12.8. The van der Waals surface area contributed by atoms with Crippen molar-refractivity contribution in [3.8, 4) is 0 Å². The standard InChI is InChI=1S/C13H9ClFNO3S/c14-13-7-11(16(17)18)4-1-9(13)8-20(19)12-5-2-10(15)3-6-12/h1-7H,8H2. The molecule has 0 amide bonds. The first kappa shape index (κ1) is 14.6. The minimum absolute atomic E-state index is 0.114. The molecular formula is C13H9ClFNO3S. The van der Waals surface area contributed by atoms with E-state index in [-0.39, 0.29) is 16.5 Å². The van der Waals surface area contributed by atoms with Crippen LogP contribution in [-0.2, 0) is 16.6 Å². The van der Waals surface area contributed by atoms with Crippen molar-refractivity contribution in [1.82, 2.24) is 0 Å².